The van der Waals surface area contributed by atoms with Gasteiger partial charge in [0.25, 0.3) is 0 Å². The second-order valence-corrected chi connectivity index (χ2v) is 6.29. The van der Waals surface area contributed by atoms with Gasteiger partial charge in [-0.25, -0.2) is 4.90 Å². The highest BCUT2D eigenvalue weighted by atomic mass is 35.5. The number of piperidine rings is 1. The highest BCUT2D eigenvalue weighted by Gasteiger charge is 2.77. The minimum Gasteiger partial charge on any atom is -0.273 e. The maximum absolute atomic E-state index is 12.3. The molecular weight excluding hydrogens is 273 g/mol. The summed E-state index contributed by atoms with van der Waals surface area (Å²) in [7, 11) is 0. The lowest BCUT2D eigenvalue weighted by molar-refractivity contribution is -0.125. The maximum atomic E-state index is 12.3. The molecule has 0 radical (unpaired) electrons. The largest absolute Gasteiger partial charge is 0.273 e. The molecule has 1 saturated heterocycles. The summed E-state index contributed by atoms with van der Waals surface area (Å²) in [4.78, 5) is 25.9. The van der Waals surface area contributed by atoms with Gasteiger partial charge >= 0.3 is 0 Å². The van der Waals surface area contributed by atoms with Crippen LogP contribution in [0.3, 0.4) is 0 Å². The molecule has 0 bridgehead atoms. The lowest BCUT2D eigenvalue weighted by Gasteiger charge is -2.19. The first-order chi connectivity index (χ1) is 8.29. The minimum absolute atomic E-state index is 0.159. The molecule has 2 aliphatic rings. The molecule has 0 spiro atoms. The number of carbonyl (C=O) groups excluding carboxylic acids is 2. The monoisotopic (exact) mass is 283 g/mol. The number of amides is 2. The molecule has 18 heavy (non-hydrogen) atoms. The molecule has 1 saturated carbocycles. The molecule has 1 aromatic rings. The number of hydrogen-bond donors (Lipinski definition) is 0. The van der Waals surface area contributed by atoms with Gasteiger partial charge in [0.2, 0.25) is 11.8 Å². The van der Waals surface area contributed by atoms with Crippen LogP contribution in [0.25, 0.3) is 0 Å². The molecule has 2 amide bonds. The molecule has 3 nitrogen and oxygen atoms in total. The minimum atomic E-state index is -0.557. The van der Waals surface area contributed by atoms with Crippen molar-refractivity contribution in [2.75, 3.05) is 4.90 Å². The molecule has 0 aromatic heterocycles. The number of rotatable bonds is 1. The zero-order valence-electron chi connectivity index (χ0n) is 9.96. The number of benzene rings is 1. The molecule has 3 rings (SSSR count). The molecule has 0 unspecified atom stereocenters. The lowest BCUT2D eigenvalue weighted by atomic mass is 10.00. The van der Waals surface area contributed by atoms with Crippen LogP contribution in [0.15, 0.2) is 18.2 Å². The second-order valence-electron chi connectivity index (χ2n) is 5.41. The number of hydrogen-bond acceptors (Lipinski definition) is 2. The SMILES string of the molecule is C[C@]12C[C@]1(C)C(=O)N(c1cc(Cl)cc(Cl)c1)C2=O. The van der Waals surface area contributed by atoms with Crippen molar-refractivity contribution in [2.24, 2.45) is 10.8 Å². The van der Waals surface area contributed by atoms with E-state index in [2.05, 4.69) is 0 Å². The molecule has 5 heteroatoms. The van der Waals surface area contributed by atoms with E-state index in [0.717, 1.165) is 0 Å². The van der Waals surface area contributed by atoms with Crippen molar-refractivity contribution in [1.82, 2.24) is 0 Å². The summed E-state index contributed by atoms with van der Waals surface area (Å²) in [6.07, 6.45) is 0.627. The van der Waals surface area contributed by atoms with E-state index in [-0.39, 0.29) is 11.8 Å². The Hall–Kier alpha value is -1.06. The first-order valence-corrected chi connectivity index (χ1v) is 6.40. The van der Waals surface area contributed by atoms with Crippen LogP contribution in [-0.2, 0) is 9.59 Å². The van der Waals surface area contributed by atoms with E-state index in [1.54, 1.807) is 18.2 Å². The van der Waals surface area contributed by atoms with Crippen LogP contribution in [0.1, 0.15) is 20.3 Å². The Morgan fingerprint density at radius 2 is 1.44 bits per heavy atom. The van der Waals surface area contributed by atoms with Gasteiger partial charge in [-0.3, -0.25) is 9.59 Å². The Bertz CT molecular complexity index is 554. The fourth-order valence-corrected chi connectivity index (χ4v) is 3.29. The Labute approximate surface area is 115 Å². The van der Waals surface area contributed by atoms with Crippen LogP contribution < -0.4 is 4.90 Å². The van der Waals surface area contributed by atoms with E-state index >= 15 is 0 Å². The third-order valence-electron chi connectivity index (χ3n) is 4.26. The molecular formula is C13H11Cl2NO2. The maximum Gasteiger partial charge on any atom is 0.240 e. The average Bonchev–Trinajstić information content (AvgIpc) is 2.78. The van der Waals surface area contributed by atoms with Gasteiger partial charge in [-0.15, -0.1) is 0 Å². The van der Waals surface area contributed by atoms with Gasteiger partial charge in [0.05, 0.1) is 16.5 Å². The quantitative estimate of drug-likeness (QED) is 0.742. The van der Waals surface area contributed by atoms with Crippen molar-refractivity contribution in [1.29, 1.82) is 0 Å². The zero-order valence-corrected chi connectivity index (χ0v) is 11.5. The topological polar surface area (TPSA) is 37.4 Å². The molecule has 0 N–H and O–H groups in total. The van der Waals surface area contributed by atoms with Crippen LogP contribution >= 0.6 is 23.2 Å². The summed E-state index contributed by atoms with van der Waals surface area (Å²) >= 11 is 11.8. The van der Waals surface area contributed by atoms with Gasteiger partial charge in [-0.1, -0.05) is 23.2 Å². The van der Waals surface area contributed by atoms with E-state index in [9.17, 15) is 9.59 Å². The molecule has 94 valence electrons. The number of nitrogens with zero attached hydrogens (tertiary/aromatic N) is 1. The molecule has 1 aromatic carbocycles. The van der Waals surface area contributed by atoms with E-state index in [0.29, 0.717) is 22.2 Å². The van der Waals surface area contributed by atoms with Crippen LogP contribution in [0.4, 0.5) is 5.69 Å². The third-order valence-corrected chi connectivity index (χ3v) is 4.69. The fraction of sp³-hybridized carbons (Fsp3) is 0.385. The Kier molecular flexibility index (Phi) is 2.19. The number of halogens is 2. The van der Waals surface area contributed by atoms with Crippen molar-refractivity contribution in [2.45, 2.75) is 20.3 Å². The summed E-state index contributed by atoms with van der Waals surface area (Å²) < 4.78 is 0. The van der Waals surface area contributed by atoms with Crippen molar-refractivity contribution in [3.8, 4) is 0 Å². The predicted octanol–water partition coefficient (Wildman–Crippen LogP) is 3.28. The van der Waals surface area contributed by atoms with E-state index in [1.165, 1.54) is 4.90 Å². The molecule has 1 heterocycles. The van der Waals surface area contributed by atoms with Gasteiger partial charge < -0.3 is 0 Å². The van der Waals surface area contributed by atoms with E-state index < -0.39 is 10.8 Å². The standard InChI is InChI=1S/C13H11Cl2NO2/c1-12-6-13(12,2)11(18)16(10(12)17)9-4-7(14)3-8(15)5-9/h3-5H,6H2,1-2H3/t12-,13-/m1/s1. The van der Waals surface area contributed by atoms with Crippen molar-refractivity contribution < 1.29 is 9.59 Å². The second kappa shape index (κ2) is 3.28. The van der Waals surface area contributed by atoms with Crippen LogP contribution in [0, 0.1) is 10.8 Å². The Morgan fingerprint density at radius 3 is 1.89 bits per heavy atom. The first kappa shape index (κ1) is 12.0. The van der Waals surface area contributed by atoms with Gasteiger partial charge in [-0.05, 0) is 38.5 Å². The Morgan fingerprint density at radius 1 is 1.00 bits per heavy atom. The number of imide groups is 1. The highest BCUT2D eigenvalue weighted by molar-refractivity contribution is 6.36. The van der Waals surface area contributed by atoms with E-state index in [1.807, 2.05) is 13.8 Å². The lowest BCUT2D eigenvalue weighted by Crippen LogP contribution is -2.35. The fourth-order valence-electron chi connectivity index (χ4n) is 2.77. The summed E-state index contributed by atoms with van der Waals surface area (Å²) in [5, 5.41) is 0.822. The number of anilines is 1. The molecule has 1 aliphatic heterocycles. The Balaban J connectivity index is 2.09. The zero-order chi connectivity index (χ0) is 13.3. The molecule has 2 atom stereocenters. The van der Waals surface area contributed by atoms with Crippen molar-refractivity contribution >= 4 is 40.7 Å². The summed E-state index contributed by atoms with van der Waals surface area (Å²) in [5.41, 5.74) is -0.658. The third kappa shape index (κ3) is 1.26. The normalized spacial score (nSPS) is 33.9. The van der Waals surface area contributed by atoms with Crippen LogP contribution in [-0.4, -0.2) is 11.8 Å². The van der Waals surface area contributed by atoms with E-state index in [4.69, 9.17) is 23.2 Å². The van der Waals surface area contributed by atoms with Crippen molar-refractivity contribution in [3.63, 3.8) is 0 Å². The average molecular weight is 284 g/mol. The van der Waals surface area contributed by atoms with Crippen LogP contribution in [0.5, 0.6) is 0 Å². The summed E-state index contributed by atoms with van der Waals surface area (Å²) in [5.74, 6) is -0.318. The van der Waals surface area contributed by atoms with Gasteiger partial charge in [0.1, 0.15) is 0 Å². The first-order valence-electron chi connectivity index (χ1n) is 5.65. The van der Waals surface area contributed by atoms with Crippen LogP contribution in [0.2, 0.25) is 10.0 Å². The number of carbonyl (C=O) groups is 2. The predicted molar refractivity (Wildman–Crippen MR) is 69.8 cm³/mol. The van der Waals surface area contributed by atoms with Gasteiger partial charge in [0.15, 0.2) is 0 Å². The smallest absolute Gasteiger partial charge is 0.240 e. The molecule has 1 aliphatic carbocycles. The highest BCUT2D eigenvalue weighted by Crippen LogP contribution is 2.69. The molecule has 2 fully saturated rings. The van der Waals surface area contributed by atoms with Crippen molar-refractivity contribution in [3.05, 3.63) is 28.2 Å². The van der Waals surface area contributed by atoms with Gasteiger partial charge in [-0.2, -0.15) is 0 Å². The summed E-state index contributed by atoms with van der Waals surface area (Å²) in [6, 6.07) is 4.74. The summed E-state index contributed by atoms with van der Waals surface area (Å²) in [6.45, 7) is 3.67. The number of fused-ring (bicyclic) bond motifs is 1. The van der Waals surface area contributed by atoms with Gasteiger partial charge in [0, 0.05) is 10.0 Å².